The van der Waals surface area contributed by atoms with Crippen molar-refractivity contribution in [1.29, 1.82) is 0 Å². The average Bonchev–Trinajstić information content (AvgIpc) is 3.45. The van der Waals surface area contributed by atoms with Crippen molar-refractivity contribution >= 4 is 38.9 Å². The molecule has 0 aliphatic carbocycles. The van der Waals surface area contributed by atoms with Crippen LogP contribution < -0.4 is 14.4 Å². The Morgan fingerprint density at radius 3 is 2.29 bits per heavy atom. The number of benzene rings is 2. The molecule has 1 aliphatic heterocycles. The van der Waals surface area contributed by atoms with Crippen LogP contribution in [0.5, 0.6) is 11.5 Å². The third-order valence-electron chi connectivity index (χ3n) is 5.43. The largest absolute Gasteiger partial charge is 0.497 e. The van der Waals surface area contributed by atoms with Gasteiger partial charge in [0, 0.05) is 11.4 Å². The number of rotatable bonds is 9. The zero-order valence-corrected chi connectivity index (χ0v) is 20.3. The predicted molar refractivity (Wildman–Crippen MR) is 129 cm³/mol. The Bertz CT molecular complexity index is 1260. The van der Waals surface area contributed by atoms with Crippen LogP contribution in [0.25, 0.3) is 0 Å². The molecule has 1 aliphatic rings. The Balaban J connectivity index is 1.68. The Morgan fingerprint density at radius 2 is 1.71 bits per heavy atom. The maximum absolute atomic E-state index is 13.6. The summed E-state index contributed by atoms with van der Waals surface area (Å²) >= 11 is 1.38. The zero-order valence-electron chi connectivity index (χ0n) is 18.7. The van der Waals surface area contributed by atoms with E-state index in [1.807, 2.05) is 18.4 Å². The van der Waals surface area contributed by atoms with Gasteiger partial charge in [-0.1, -0.05) is 6.07 Å². The second-order valence-electron chi connectivity index (χ2n) is 7.52. The fraction of sp³-hybridized carbons (Fsp3) is 0.250. The maximum atomic E-state index is 13.6. The van der Waals surface area contributed by atoms with Gasteiger partial charge in [0.15, 0.2) is 0 Å². The van der Waals surface area contributed by atoms with Crippen molar-refractivity contribution in [3.8, 4) is 11.5 Å². The molecule has 2 aromatic carbocycles. The number of sulfonamides is 1. The van der Waals surface area contributed by atoms with E-state index in [1.165, 1.54) is 30.6 Å². The molecule has 8 nitrogen and oxygen atoms in total. The number of nitrogens with zero attached hydrogens (tertiary/aromatic N) is 2. The highest BCUT2D eigenvalue weighted by Gasteiger charge is 2.47. The fourth-order valence-electron chi connectivity index (χ4n) is 3.77. The van der Waals surface area contributed by atoms with Crippen molar-refractivity contribution in [3.63, 3.8) is 0 Å². The molecule has 0 saturated carbocycles. The van der Waals surface area contributed by atoms with Crippen LogP contribution in [0.3, 0.4) is 0 Å². The highest BCUT2D eigenvalue weighted by Crippen LogP contribution is 2.32. The molecule has 1 aromatic heterocycles. The molecular formula is C24H24N2O6S2. The van der Waals surface area contributed by atoms with Crippen LogP contribution in [0.4, 0.5) is 5.69 Å². The first-order valence-corrected chi connectivity index (χ1v) is 12.9. The van der Waals surface area contributed by atoms with Gasteiger partial charge in [-0.2, -0.15) is 4.31 Å². The molecule has 1 unspecified atom stereocenters. The van der Waals surface area contributed by atoms with E-state index in [4.69, 9.17) is 9.47 Å². The number of hydrogen-bond acceptors (Lipinski definition) is 7. The Kier molecular flexibility index (Phi) is 7.01. The van der Waals surface area contributed by atoms with Crippen LogP contribution in [-0.4, -0.2) is 44.3 Å². The van der Waals surface area contributed by atoms with Crippen LogP contribution >= 0.6 is 11.3 Å². The number of carbonyl (C=O) groups is 2. The molecule has 1 atom stereocenters. The summed E-state index contributed by atoms with van der Waals surface area (Å²) in [6.07, 6.45) is -0.243. The van der Waals surface area contributed by atoms with E-state index >= 15 is 0 Å². The normalized spacial score (nSPS) is 16.3. The van der Waals surface area contributed by atoms with Crippen molar-refractivity contribution in [1.82, 2.24) is 4.31 Å². The lowest BCUT2D eigenvalue weighted by Gasteiger charge is -2.26. The Hall–Kier alpha value is -3.21. The first kappa shape index (κ1) is 23.9. The summed E-state index contributed by atoms with van der Waals surface area (Å²) < 4.78 is 39.0. The van der Waals surface area contributed by atoms with E-state index in [2.05, 4.69) is 0 Å². The van der Waals surface area contributed by atoms with Crippen molar-refractivity contribution in [3.05, 3.63) is 70.9 Å². The maximum Gasteiger partial charge on any atom is 0.252 e. The van der Waals surface area contributed by atoms with Gasteiger partial charge in [-0.3, -0.25) is 9.59 Å². The molecule has 1 saturated heterocycles. The molecule has 3 aromatic rings. The Labute approximate surface area is 202 Å². The van der Waals surface area contributed by atoms with Crippen LogP contribution in [0, 0.1) is 0 Å². The van der Waals surface area contributed by atoms with Gasteiger partial charge >= 0.3 is 0 Å². The number of hydrogen-bond donors (Lipinski definition) is 0. The predicted octanol–water partition coefficient (Wildman–Crippen LogP) is 3.68. The van der Waals surface area contributed by atoms with E-state index in [9.17, 15) is 18.0 Å². The van der Waals surface area contributed by atoms with E-state index in [-0.39, 0.29) is 17.9 Å². The van der Waals surface area contributed by atoms with Crippen LogP contribution in [-0.2, 0) is 26.2 Å². The molecule has 1 fully saturated rings. The van der Waals surface area contributed by atoms with E-state index in [1.54, 1.807) is 42.5 Å². The second-order valence-corrected chi connectivity index (χ2v) is 10.4. The molecular weight excluding hydrogens is 476 g/mol. The summed E-state index contributed by atoms with van der Waals surface area (Å²) in [6, 6.07) is 15.0. The summed E-state index contributed by atoms with van der Waals surface area (Å²) in [6.45, 7) is 2.33. The molecule has 10 heteroatoms. The van der Waals surface area contributed by atoms with Gasteiger partial charge in [0.2, 0.25) is 15.9 Å². The molecule has 2 heterocycles. The van der Waals surface area contributed by atoms with Gasteiger partial charge in [0.1, 0.15) is 17.5 Å². The lowest BCUT2D eigenvalue weighted by Crippen LogP contribution is -2.44. The number of amides is 2. The minimum atomic E-state index is -4.10. The fourth-order valence-corrected chi connectivity index (χ4v) is 6.12. The molecule has 34 heavy (non-hydrogen) atoms. The number of thiophene rings is 1. The standard InChI is InChI=1S/C24H24N2O6S2/c1-3-32-19-8-6-17(7-9-19)26-23(27)15-22(24(26)28)25(16-20-5-4-14-33-20)34(29,30)21-12-10-18(31-2)11-13-21/h4-14,22H,3,15-16H2,1-2H3. The van der Waals surface area contributed by atoms with Gasteiger partial charge in [-0.25, -0.2) is 13.3 Å². The van der Waals surface area contributed by atoms with Gasteiger partial charge < -0.3 is 9.47 Å². The summed E-state index contributed by atoms with van der Waals surface area (Å²) in [5, 5.41) is 1.83. The molecule has 2 amide bonds. The van der Waals surface area contributed by atoms with Gasteiger partial charge in [-0.05, 0) is 66.9 Å². The molecule has 178 valence electrons. The van der Waals surface area contributed by atoms with Gasteiger partial charge in [-0.15, -0.1) is 11.3 Å². The monoisotopic (exact) mass is 500 g/mol. The lowest BCUT2D eigenvalue weighted by molar-refractivity contribution is -0.122. The van der Waals surface area contributed by atoms with Gasteiger partial charge in [0.05, 0.1) is 30.7 Å². The summed E-state index contributed by atoms with van der Waals surface area (Å²) in [7, 11) is -2.61. The summed E-state index contributed by atoms with van der Waals surface area (Å²) in [4.78, 5) is 28.2. The SMILES string of the molecule is CCOc1ccc(N2C(=O)CC(N(Cc3cccs3)S(=O)(=O)c3ccc(OC)cc3)C2=O)cc1. The lowest BCUT2D eigenvalue weighted by atomic mass is 10.2. The molecule has 0 spiro atoms. The smallest absolute Gasteiger partial charge is 0.252 e. The zero-order chi connectivity index (χ0) is 24.3. The minimum Gasteiger partial charge on any atom is -0.497 e. The number of ether oxygens (including phenoxy) is 2. The topological polar surface area (TPSA) is 93.2 Å². The quantitative estimate of drug-likeness (QED) is 0.416. The summed E-state index contributed by atoms with van der Waals surface area (Å²) in [5.41, 5.74) is 0.374. The van der Waals surface area contributed by atoms with E-state index < -0.39 is 27.9 Å². The number of methoxy groups -OCH3 is 1. The molecule has 4 rings (SSSR count). The Morgan fingerprint density at radius 1 is 1.03 bits per heavy atom. The number of imide groups is 1. The third kappa shape index (κ3) is 4.70. The van der Waals surface area contributed by atoms with Gasteiger partial charge in [0.25, 0.3) is 5.91 Å². The molecule has 0 bridgehead atoms. The van der Waals surface area contributed by atoms with Crippen molar-refractivity contribution in [2.24, 2.45) is 0 Å². The molecule has 0 radical (unpaired) electrons. The van der Waals surface area contributed by atoms with Crippen LogP contribution in [0.15, 0.2) is 70.9 Å². The molecule has 0 N–H and O–H groups in total. The van der Waals surface area contributed by atoms with Crippen LogP contribution in [0.2, 0.25) is 0 Å². The first-order valence-electron chi connectivity index (χ1n) is 10.6. The number of carbonyl (C=O) groups excluding carboxylic acids is 2. The average molecular weight is 501 g/mol. The third-order valence-corrected chi connectivity index (χ3v) is 8.16. The van der Waals surface area contributed by atoms with E-state index in [0.717, 1.165) is 14.1 Å². The van der Waals surface area contributed by atoms with Crippen molar-refractivity contribution in [2.45, 2.75) is 30.8 Å². The number of anilines is 1. The van der Waals surface area contributed by atoms with Crippen molar-refractivity contribution < 1.29 is 27.5 Å². The highest BCUT2D eigenvalue weighted by atomic mass is 32.2. The summed E-state index contributed by atoms with van der Waals surface area (Å²) in [5.74, 6) is 0.0870. The van der Waals surface area contributed by atoms with Crippen LogP contribution in [0.1, 0.15) is 18.2 Å². The minimum absolute atomic E-state index is 0.0182. The second kappa shape index (κ2) is 9.96. The van der Waals surface area contributed by atoms with Crippen molar-refractivity contribution in [2.75, 3.05) is 18.6 Å². The van der Waals surface area contributed by atoms with E-state index in [0.29, 0.717) is 23.8 Å². The highest BCUT2D eigenvalue weighted by molar-refractivity contribution is 7.89. The first-order chi connectivity index (χ1) is 16.3.